The van der Waals surface area contributed by atoms with E-state index in [2.05, 4.69) is 4.74 Å². The van der Waals surface area contributed by atoms with Gasteiger partial charge in [-0.3, -0.25) is 9.59 Å². The molecule has 1 saturated heterocycles. The number of anilines is 1. The number of amides is 1. The molecular formula is C11H8F3NO3. The van der Waals surface area contributed by atoms with Crippen LogP contribution in [0.4, 0.5) is 18.9 Å². The van der Waals surface area contributed by atoms with Crippen molar-refractivity contribution >= 4 is 17.4 Å². The fraction of sp³-hybridized carbons (Fsp3) is 0.273. The zero-order chi connectivity index (χ0) is 13.3. The zero-order valence-electron chi connectivity index (χ0n) is 9.03. The lowest BCUT2D eigenvalue weighted by Gasteiger charge is -2.19. The van der Waals surface area contributed by atoms with Crippen LogP contribution in [0.1, 0.15) is 6.42 Å². The third kappa shape index (κ3) is 2.44. The van der Waals surface area contributed by atoms with Crippen molar-refractivity contribution in [2.45, 2.75) is 12.8 Å². The normalized spacial score (nSPS) is 16.3. The van der Waals surface area contributed by atoms with Crippen molar-refractivity contribution in [2.75, 3.05) is 11.4 Å². The summed E-state index contributed by atoms with van der Waals surface area (Å²) in [6.45, 7) is 0.0654. The average Bonchev–Trinajstić information content (AvgIpc) is 2.59. The van der Waals surface area contributed by atoms with Gasteiger partial charge < -0.3 is 9.64 Å². The topological polar surface area (TPSA) is 46.6 Å². The Morgan fingerprint density at radius 2 is 1.83 bits per heavy atom. The second-order valence-electron chi connectivity index (χ2n) is 3.65. The molecule has 0 atom stereocenters. The predicted molar refractivity (Wildman–Crippen MR) is 55.1 cm³/mol. The summed E-state index contributed by atoms with van der Waals surface area (Å²) in [5, 5.41) is 0. The predicted octanol–water partition coefficient (Wildman–Crippen LogP) is 1.89. The van der Waals surface area contributed by atoms with E-state index < -0.39 is 23.8 Å². The highest BCUT2D eigenvalue weighted by atomic mass is 19.4. The van der Waals surface area contributed by atoms with E-state index >= 15 is 0 Å². The Morgan fingerprint density at radius 3 is 2.39 bits per heavy atom. The van der Waals surface area contributed by atoms with Crippen molar-refractivity contribution in [3.8, 4) is 5.75 Å². The van der Waals surface area contributed by atoms with Crippen LogP contribution in [0.5, 0.6) is 5.75 Å². The summed E-state index contributed by atoms with van der Waals surface area (Å²) in [6.07, 6.45) is -4.85. The first kappa shape index (κ1) is 12.4. The van der Waals surface area contributed by atoms with Crippen LogP contribution in [0.25, 0.3) is 0 Å². The Hall–Kier alpha value is -2.05. The fourth-order valence-corrected chi connectivity index (χ4v) is 1.69. The molecule has 7 heteroatoms. The molecule has 0 aliphatic carbocycles. The summed E-state index contributed by atoms with van der Waals surface area (Å²) < 4.78 is 40.4. The molecule has 18 heavy (non-hydrogen) atoms. The van der Waals surface area contributed by atoms with Crippen LogP contribution >= 0.6 is 0 Å². The van der Waals surface area contributed by atoms with Gasteiger partial charge in [0.1, 0.15) is 0 Å². The summed E-state index contributed by atoms with van der Waals surface area (Å²) in [5.41, 5.74) is -0.0503. The lowest BCUT2D eigenvalue weighted by molar-refractivity contribution is -0.274. The van der Waals surface area contributed by atoms with E-state index in [1.165, 1.54) is 18.2 Å². The molecule has 0 aromatic heterocycles. The number of nitrogens with zero attached hydrogens (tertiary/aromatic N) is 1. The number of alkyl halides is 3. The number of carbonyl (C=O) groups excluding carboxylic acids is 2. The SMILES string of the molecule is O=C1CCN(c2ccccc2OC(F)(F)F)C1=O. The smallest absolute Gasteiger partial charge is 0.404 e. The van der Waals surface area contributed by atoms with E-state index in [-0.39, 0.29) is 18.7 Å². The summed E-state index contributed by atoms with van der Waals surface area (Å²) >= 11 is 0. The van der Waals surface area contributed by atoms with Gasteiger partial charge >= 0.3 is 6.36 Å². The van der Waals surface area contributed by atoms with Gasteiger partial charge in [-0.05, 0) is 12.1 Å². The van der Waals surface area contributed by atoms with E-state index in [4.69, 9.17) is 0 Å². The third-order valence-electron chi connectivity index (χ3n) is 2.43. The molecule has 0 spiro atoms. The van der Waals surface area contributed by atoms with Crippen molar-refractivity contribution in [2.24, 2.45) is 0 Å². The number of rotatable bonds is 2. The largest absolute Gasteiger partial charge is 0.573 e. The Labute approximate surface area is 99.9 Å². The maximum absolute atomic E-state index is 12.2. The Balaban J connectivity index is 2.34. The minimum absolute atomic E-state index is 0.000808. The molecule has 1 aromatic rings. The van der Waals surface area contributed by atoms with E-state index in [0.717, 1.165) is 11.0 Å². The van der Waals surface area contributed by atoms with Crippen molar-refractivity contribution in [1.29, 1.82) is 0 Å². The lowest BCUT2D eigenvalue weighted by Crippen LogP contribution is -2.28. The fourth-order valence-electron chi connectivity index (χ4n) is 1.69. The summed E-state index contributed by atoms with van der Waals surface area (Å²) in [4.78, 5) is 23.6. The minimum atomic E-state index is -4.84. The highest BCUT2D eigenvalue weighted by Crippen LogP contribution is 2.34. The van der Waals surface area contributed by atoms with Crippen molar-refractivity contribution in [1.82, 2.24) is 0 Å². The van der Waals surface area contributed by atoms with Gasteiger partial charge in [0.2, 0.25) is 5.78 Å². The van der Waals surface area contributed by atoms with E-state index in [0.29, 0.717) is 0 Å². The average molecular weight is 259 g/mol. The van der Waals surface area contributed by atoms with E-state index in [9.17, 15) is 22.8 Å². The van der Waals surface area contributed by atoms with E-state index in [1.54, 1.807) is 0 Å². The first-order valence-electron chi connectivity index (χ1n) is 5.08. The number of ketones is 1. The molecule has 0 bridgehead atoms. The molecule has 0 saturated carbocycles. The van der Waals surface area contributed by atoms with Gasteiger partial charge in [-0.15, -0.1) is 13.2 Å². The molecule has 0 N–H and O–H groups in total. The number of ether oxygens (including phenoxy) is 1. The van der Waals surface area contributed by atoms with Crippen molar-refractivity contribution in [3.05, 3.63) is 24.3 Å². The van der Waals surface area contributed by atoms with Crippen LogP contribution in [0, 0.1) is 0 Å². The Bertz CT molecular complexity index is 499. The number of hydrogen-bond donors (Lipinski definition) is 0. The van der Waals surface area contributed by atoms with Crippen LogP contribution in [0.3, 0.4) is 0 Å². The molecule has 1 aliphatic rings. The van der Waals surface area contributed by atoms with Gasteiger partial charge in [0, 0.05) is 13.0 Å². The molecule has 1 aliphatic heterocycles. The maximum atomic E-state index is 12.2. The van der Waals surface area contributed by atoms with Crippen LogP contribution in [0.15, 0.2) is 24.3 Å². The molecule has 1 fully saturated rings. The van der Waals surface area contributed by atoms with Gasteiger partial charge in [-0.25, -0.2) is 0 Å². The molecule has 4 nitrogen and oxygen atoms in total. The second-order valence-corrected chi connectivity index (χ2v) is 3.65. The van der Waals surface area contributed by atoms with E-state index in [1.807, 2.05) is 0 Å². The minimum Gasteiger partial charge on any atom is -0.404 e. The number of benzene rings is 1. The summed E-state index contributed by atoms with van der Waals surface area (Å²) in [5.74, 6) is -1.92. The molecule has 2 rings (SSSR count). The number of para-hydroxylation sites is 2. The van der Waals surface area contributed by atoms with Gasteiger partial charge in [0.05, 0.1) is 5.69 Å². The van der Waals surface area contributed by atoms with Crippen LogP contribution in [0.2, 0.25) is 0 Å². The molecule has 0 radical (unpaired) electrons. The standard InChI is InChI=1S/C11H8F3NO3/c12-11(13,14)18-9-4-2-1-3-7(9)15-6-5-8(16)10(15)17/h1-4H,5-6H2. The zero-order valence-corrected chi connectivity index (χ0v) is 9.03. The maximum Gasteiger partial charge on any atom is 0.573 e. The van der Waals surface area contributed by atoms with Gasteiger partial charge in [-0.2, -0.15) is 0 Å². The monoisotopic (exact) mass is 259 g/mol. The molecule has 96 valence electrons. The molecular weight excluding hydrogens is 251 g/mol. The third-order valence-corrected chi connectivity index (χ3v) is 2.43. The first-order valence-corrected chi connectivity index (χ1v) is 5.08. The summed E-state index contributed by atoms with van der Waals surface area (Å²) in [7, 11) is 0. The highest BCUT2D eigenvalue weighted by molar-refractivity contribution is 6.43. The second kappa shape index (κ2) is 4.32. The van der Waals surface area contributed by atoms with Crippen molar-refractivity contribution in [3.63, 3.8) is 0 Å². The van der Waals surface area contributed by atoms with Crippen molar-refractivity contribution < 1.29 is 27.5 Å². The Kier molecular flexibility index (Phi) is 2.98. The number of Topliss-reactive ketones (excluding diaryl/α,β-unsaturated/α-hetero) is 1. The number of hydrogen-bond acceptors (Lipinski definition) is 3. The molecule has 1 amide bonds. The number of halogens is 3. The van der Waals surface area contributed by atoms with Crippen LogP contribution in [-0.2, 0) is 9.59 Å². The molecule has 0 unspecified atom stereocenters. The van der Waals surface area contributed by atoms with Crippen LogP contribution in [-0.4, -0.2) is 24.6 Å². The Morgan fingerprint density at radius 1 is 1.17 bits per heavy atom. The molecule has 1 heterocycles. The quantitative estimate of drug-likeness (QED) is 0.762. The summed E-state index contributed by atoms with van der Waals surface area (Å²) in [6, 6.07) is 5.22. The first-order chi connectivity index (χ1) is 8.38. The number of carbonyl (C=O) groups is 2. The highest BCUT2D eigenvalue weighted by Gasteiger charge is 2.36. The van der Waals surface area contributed by atoms with Gasteiger partial charge in [0.15, 0.2) is 5.75 Å². The molecule has 1 aromatic carbocycles. The lowest BCUT2D eigenvalue weighted by atomic mass is 10.2. The van der Waals surface area contributed by atoms with Gasteiger partial charge in [0.25, 0.3) is 5.91 Å². The van der Waals surface area contributed by atoms with Gasteiger partial charge in [-0.1, -0.05) is 12.1 Å². The van der Waals surface area contributed by atoms with Crippen LogP contribution < -0.4 is 9.64 Å².